The molecule has 0 unspecified atom stereocenters. The molecular weight excluding hydrogens is 170 g/mol. The molecule has 1 rings (SSSR count). The Morgan fingerprint density at radius 1 is 1.38 bits per heavy atom. The van der Waals surface area contributed by atoms with Crippen LogP contribution in [0.15, 0.2) is 0 Å². The number of ketones is 1. The topological polar surface area (TPSA) is 38.8 Å². The van der Waals surface area contributed by atoms with Crippen molar-refractivity contribution in [2.24, 2.45) is 0 Å². The number of ether oxygens (including phenoxy) is 2. The number of Topliss-reactive ketones (excluding diaryl/α,β-unsaturated/α-hetero) is 1. The number of carbonyl (C=O) groups excluding carboxylic acids is 1. The molecule has 4 heteroatoms. The largest absolute Gasteiger partial charge is 0.331 e. The second-order valence-electron chi connectivity index (χ2n) is 3.04. The van der Waals surface area contributed by atoms with Crippen LogP contribution in [-0.2, 0) is 14.3 Å². The third-order valence-corrected chi connectivity index (χ3v) is 2.21. The van der Waals surface area contributed by atoms with Gasteiger partial charge in [-0.15, -0.1) is 0 Å². The van der Waals surface area contributed by atoms with Gasteiger partial charge in [-0.05, 0) is 20.9 Å². The lowest BCUT2D eigenvalue weighted by atomic mass is 10.3. The van der Waals surface area contributed by atoms with Gasteiger partial charge < -0.3 is 9.47 Å². The number of hydrogen-bond acceptors (Lipinski definition) is 4. The molecule has 4 nitrogen and oxygen atoms in total. The third kappa shape index (κ3) is 1.75. The van der Waals surface area contributed by atoms with Crippen molar-refractivity contribution in [1.82, 2.24) is 4.90 Å². The summed E-state index contributed by atoms with van der Waals surface area (Å²) in [5.74, 6) is -1.07. The van der Waals surface area contributed by atoms with E-state index >= 15 is 0 Å². The first-order valence-electron chi connectivity index (χ1n) is 4.69. The molecule has 0 bridgehead atoms. The first-order chi connectivity index (χ1) is 6.17. The molecule has 76 valence electrons. The van der Waals surface area contributed by atoms with Crippen molar-refractivity contribution >= 4 is 5.78 Å². The number of hydrogen-bond donors (Lipinski definition) is 0. The lowest BCUT2D eigenvalue weighted by molar-refractivity contribution is -0.275. The number of nitrogens with zero attached hydrogens (tertiary/aromatic N) is 1. The summed E-state index contributed by atoms with van der Waals surface area (Å²) in [5.41, 5.74) is 0. The monoisotopic (exact) mass is 187 g/mol. The smallest absolute Gasteiger partial charge is 0.292 e. The summed E-state index contributed by atoms with van der Waals surface area (Å²) in [6.45, 7) is 5.39. The molecule has 0 aromatic carbocycles. The molecule has 0 aliphatic carbocycles. The molecule has 0 aromatic heterocycles. The highest BCUT2D eigenvalue weighted by Gasteiger charge is 2.48. The normalized spacial score (nSPS) is 22.5. The maximum atomic E-state index is 11.6. The average molecular weight is 187 g/mol. The average Bonchev–Trinajstić information content (AvgIpc) is 2.35. The van der Waals surface area contributed by atoms with Crippen molar-refractivity contribution in [2.45, 2.75) is 26.2 Å². The van der Waals surface area contributed by atoms with Crippen molar-refractivity contribution < 1.29 is 14.3 Å². The summed E-state index contributed by atoms with van der Waals surface area (Å²) in [4.78, 5) is 13.4. The first-order valence-corrected chi connectivity index (χ1v) is 4.69. The second-order valence-corrected chi connectivity index (χ2v) is 3.04. The Bertz CT molecular complexity index is 187. The zero-order valence-electron chi connectivity index (χ0n) is 8.50. The van der Waals surface area contributed by atoms with Gasteiger partial charge in [0.25, 0.3) is 5.91 Å². The van der Waals surface area contributed by atoms with Gasteiger partial charge in [-0.25, -0.2) is 4.90 Å². The summed E-state index contributed by atoms with van der Waals surface area (Å²) < 4.78 is 10.8. The molecule has 1 aliphatic heterocycles. The fraction of sp³-hybridized carbons (Fsp3) is 0.889. The minimum atomic E-state index is -1.09. The Balaban J connectivity index is 2.79. The van der Waals surface area contributed by atoms with E-state index in [-0.39, 0.29) is 5.78 Å². The quantitative estimate of drug-likeness (QED) is 0.605. The predicted molar refractivity (Wildman–Crippen MR) is 48.2 cm³/mol. The highest BCUT2D eigenvalue weighted by Crippen LogP contribution is 2.26. The minimum Gasteiger partial charge on any atom is -0.331 e. The van der Waals surface area contributed by atoms with Crippen LogP contribution in [0.4, 0.5) is 0 Å². The summed E-state index contributed by atoms with van der Waals surface area (Å²) in [6.07, 6.45) is 0.510. The molecule has 0 aromatic rings. The van der Waals surface area contributed by atoms with E-state index in [4.69, 9.17) is 9.47 Å². The summed E-state index contributed by atoms with van der Waals surface area (Å²) in [7, 11) is 1.84. The molecule has 1 fully saturated rings. The lowest BCUT2D eigenvalue weighted by Gasteiger charge is -2.32. The van der Waals surface area contributed by atoms with E-state index in [1.807, 2.05) is 25.8 Å². The molecule has 0 atom stereocenters. The minimum absolute atomic E-state index is 0.0266. The third-order valence-electron chi connectivity index (χ3n) is 2.21. The van der Waals surface area contributed by atoms with Gasteiger partial charge >= 0.3 is 0 Å². The van der Waals surface area contributed by atoms with Gasteiger partial charge in [-0.3, -0.25) is 4.79 Å². The summed E-state index contributed by atoms with van der Waals surface area (Å²) in [6, 6.07) is 0. The van der Waals surface area contributed by atoms with Crippen molar-refractivity contribution in [3.63, 3.8) is 0 Å². The van der Waals surface area contributed by atoms with Crippen molar-refractivity contribution in [2.75, 3.05) is 26.8 Å². The Morgan fingerprint density at radius 3 is 2.23 bits per heavy atom. The van der Waals surface area contributed by atoms with Gasteiger partial charge in [-0.2, -0.15) is 0 Å². The van der Waals surface area contributed by atoms with Crippen LogP contribution in [0.1, 0.15) is 20.3 Å². The van der Waals surface area contributed by atoms with Crippen molar-refractivity contribution in [3.8, 4) is 0 Å². The van der Waals surface area contributed by atoms with Crippen LogP contribution >= 0.6 is 0 Å². The fourth-order valence-electron chi connectivity index (χ4n) is 1.60. The molecule has 1 saturated heterocycles. The van der Waals surface area contributed by atoms with Crippen LogP contribution in [0, 0.1) is 0 Å². The van der Waals surface area contributed by atoms with Gasteiger partial charge in [0.15, 0.2) is 0 Å². The number of likely N-dealkylation sites (N-methyl/N-ethyl adjacent to an activating group) is 1. The van der Waals surface area contributed by atoms with Crippen molar-refractivity contribution in [3.05, 3.63) is 0 Å². The van der Waals surface area contributed by atoms with Gasteiger partial charge in [0.2, 0.25) is 5.78 Å². The first kappa shape index (κ1) is 10.6. The molecule has 0 radical (unpaired) electrons. The van der Waals surface area contributed by atoms with E-state index in [2.05, 4.69) is 0 Å². The zero-order chi connectivity index (χ0) is 9.90. The molecule has 0 spiro atoms. The maximum Gasteiger partial charge on any atom is 0.292 e. The molecule has 0 amide bonds. The van der Waals surface area contributed by atoms with E-state index in [0.29, 0.717) is 26.2 Å². The highest BCUT2D eigenvalue weighted by molar-refractivity contribution is 5.87. The standard InChI is InChI=1S/C9H17NO3/c1-4-12-9(13-5-2)8(11)6-7-10(9)3/h4-7H2,1-3H3. The van der Waals surface area contributed by atoms with Gasteiger partial charge in [0.05, 0.1) is 0 Å². The Morgan fingerprint density at radius 2 is 1.92 bits per heavy atom. The van der Waals surface area contributed by atoms with E-state index in [1.54, 1.807) is 0 Å². The van der Waals surface area contributed by atoms with E-state index in [1.165, 1.54) is 0 Å². The molecule has 1 aliphatic rings. The van der Waals surface area contributed by atoms with E-state index in [0.717, 1.165) is 0 Å². The number of rotatable bonds is 4. The van der Waals surface area contributed by atoms with E-state index in [9.17, 15) is 4.79 Å². The molecule has 0 N–H and O–H groups in total. The van der Waals surface area contributed by atoms with Crippen LogP contribution < -0.4 is 0 Å². The number of carbonyl (C=O) groups is 1. The van der Waals surface area contributed by atoms with Crippen LogP contribution in [0.2, 0.25) is 0 Å². The van der Waals surface area contributed by atoms with Crippen LogP contribution in [0.5, 0.6) is 0 Å². The summed E-state index contributed by atoms with van der Waals surface area (Å²) >= 11 is 0. The number of likely N-dealkylation sites (tertiary alicyclic amines) is 1. The maximum absolute atomic E-state index is 11.6. The Hall–Kier alpha value is -0.450. The second kappa shape index (κ2) is 4.17. The van der Waals surface area contributed by atoms with Gasteiger partial charge in [0.1, 0.15) is 0 Å². The fourth-order valence-corrected chi connectivity index (χ4v) is 1.60. The van der Waals surface area contributed by atoms with Crippen LogP contribution in [-0.4, -0.2) is 43.4 Å². The SMILES string of the molecule is CCOC1(OCC)C(=O)CCN1C. The highest BCUT2D eigenvalue weighted by atomic mass is 16.7. The van der Waals surface area contributed by atoms with Crippen molar-refractivity contribution in [1.29, 1.82) is 0 Å². The predicted octanol–water partition coefficient (Wildman–Crippen LogP) is 0.618. The van der Waals surface area contributed by atoms with Crippen LogP contribution in [0.3, 0.4) is 0 Å². The molecule has 1 heterocycles. The van der Waals surface area contributed by atoms with Gasteiger partial charge in [-0.1, -0.05) is 0 Å². The summed E-state index contributed by atoms with van der Waals surface area (Å²) in [5, 5.41) is 0. The Kier molecular flexibility index (Phi) is 3.41. The molecule has 13 heavy (non-hydrogen) atoms. The van der Waals surface area contributed by atoms with E-state index < -0.39 is 5.91 Å². The van der Waals surface area contributed by atoms with Crippen LogP contribution in [0.25, 0.3) is 0 Å². The van der Waals surface area contributed by atoms with Gasteiger partial charge in [0, 0.05) is 26.2 Å². The zero-order valence-corrected chi connectivity index (χ0v) is 8.50. The molecular formula is C9H17NO3. The lowest BCUT2D eigenvalue weighted by Crippen LogP contribution is -2.51. The molecule has 0 saturated carbocycles. The Labute approximate surface area is 78.8 Å².